The van der Waals surface area contributed by atoms with E-state index in [1.165, 1.54) is 30.3 Å². The molecule has 5 rings (SSSR count). The highest BCUT2D eigenvalue weighted by atomic mass is 35.5. The number of esters is 1. The summed E-state index contributed by atoms with van der Waals surface area (Å²) in [4.78, 5) is 15.7. The molecule has 2 aromatic carbocycles. The number of carbonyl (C=O) groups is 1. The lowest BCUT2D eigenvalue weighted by molar-refractivity contribution is -0.605. The fraction of sp³-hybridized carbons (Fsp3) is 0.419. The smallest absolute Gasteiger partial charge is 0.387 e. The first-order valence-electron chi connectivity index (χ1n) is 14.7. The minimum atomic E-state index is -3.96. The molecule has 0 radical (unpaired) electrons. The number of aromatic nitrogens is 1. The predicted molar refractivity (Wildman–Crippen MR) is 167 cm³/mol. The largest absolute Gasteiger partial charge is 0.619 e. The molecule has 1 aromatic heterocycles. The summed E-state index contributed by atoms with van der Waals surface area (Å²) < 4.78 is 78.0. The third kappa shape index (κ3) is 10.0. The van der Waals surface area contributed by atoms with Crippen LogP contribution < -0.4 is 18.4 Å². The standard InChI is InChI=1S/C31H32Cl2F2N2O9S/c1-47(40,41)46-28-13-21(4-5-22(28)15-36-8-10-42-11-9-36)30(38)44-27(14-23-24(32)16-37(39)17-25(23)33)20-6-7-26(45-31(34)35)29(12-20)43-18-19-2-3-19/h4-7,12-13,16-17,19,27,31H,2-3,8-11,14-15,18H2,1H3/t27-/m0/s1. The van der Waals surface area contributed by atoms with Gasteiger partial charge < -0.3 is 28.3 Å². The number of benzene rings is 2. The van der Waals surface area contributed by atoms with Gasteiger partial charge in [0.1, 0.15) is 21.9 Å². The van der Waals surface area contributed by atoms with E-state index in [1.54, 1.807) is 6.07 Å². The van der Waals surface area contributed by atoms with Crippen LogP contribution in [0.1, 0.15) is 46.0 Å². The highest BCUT2D eigenvalue weighted by Crippen LogP contribution is 2.38. The monoisotopic (exact) mass is 716 g/mol. The number of morpholine rings is 1. The van der Waals surface area contributed by atoms with Gasteiger partial charge in [0.05, 0.1) is 31.6 Å². The average Bonchev–Trinajstić information content (AvgIpc) is 3.83. The van der Waals surface area contributed by atoms with Crippen LogP contribution in [0.15, 0.2) is 48.8 Å². The molecule has 0 unspecified atom stereocenters. The van der Waals surface area contributed by atoms with Crippen molar-refractivity contribution in [3.05, 3.63) is 86.3 Å². The zero-order valence-corrected chi connectivity index (χ0v) is 27.5. The summed E-state index contributed by atoms with van der Waals surface area (Å²) in [6.45, 7) is -0.140. The summed E-state index contributed by atoms with van der Waals surface area (Å²) in [5.74, 6) is -0.780. The lowest BCUT2D eigenvalue weighted by Gasteiger charge is -2.27. The van der Waals surface area contributed by atoms with Crippen molar-refractivity contribution in [2.45, 2.75) is 38.5 Å². The number of carbonyl (C=O) groups excluding carboxylic acids is 1. The topological polar surface area (TPSA) is 128 Å². The second-order valence-corrected chi connectivity index (χ2v) is 13.6. The van der Waals surface area contributed by atoms with E-state index in [0.717, 1.165) is 31.5 Å². The van der Waals surface area contributed by atoms with Crippen molar-refractivity contribution in [1.82, 2.24) is 4.90 Å². The Hall–Kier alpha value is -3.43. The molecule has 254 valence electrons. The van der Waals surface area contributed by atoms with Gasteiger partial charge in [-0.05, 0) is 48.6 Å². The number of nitrogens with zero attached hydrogens (tertiary/aromatic N) is 2. The molecule has 1 saturated heterocycles. The quantitative estimate of drug-likeness (QED) is 0.0935. The Bertz CT molecular complexity index is 1680. The Morgan fingerprint density at radius 3 is 2.40 bits per heavy atom. The molecule has 11 nitrogen and oxygen atoms in total. The van der Waals surface area contributed by atoms with Crippen molar-refractivity contribution in [2.24, 2.45) is 5.92 Å². The van der Waals surface area contributed by atoms with Gasteiger partial charge in [0.15, 0.2) is 23.9 Å². The molecule has 1 atom stereocenters. The summed E-state index contributed by atoms with van der Waals surface area (Å²) in [6, 6.07) is 8.49. The van der Waals surface area contributed by atoms with E-state index in [4.69, 9.17) is 41.6 Å². The molecule has 0 N–H and O–H groups in total. The van der Waals surface area contributed by atoms with E-state index >= 15 is 0 Å². The number of hydrogen-bond donors (Lipinski definition) is 0. The Labute approximate surface area is 280 Å². The highest BCUT2D eigenvalue weighted by Gasteiger charge is 2.27. The molecule has 16 heteroatoms. The van der Waals surface area contributed by atoms with Crippen molar-refractivity contribution in [3.8, 4) is 17.2 Å². The Balaban J connectivity index is 1.48. The van der Waals surface area contributed by atoms with Gasteiger partial charge in [-0.1, -0.05) is 35.3 Å². The van der Waals surface area contributed by atoms with Crippen LogP contribution in [0, 0.1) is 11.1 Å². The average molecular weight is 718 g/mol. The maximum absolute atomic E-state index is 13.7. The van der Waals surface area contributed by atoms with E-state index in [2.05, 4.69) is 9.64 Å². The van der Waals surface area contributed by atoms with Gasteiger partial charge in [0, 0.05) is 37.2 Å². The fourth-order valence-electron chi connectivity index (χ4n) is 4.91. The number of halogens is 4. The zero-order valence-electron chi connectivity index (χ0n) is 25.2. The summed E-state index contributed by atoms with van der Waals surface area (Å²) >= 11 is 12.7. The number of hydrogen-bond acceptors (Lipinski definition) is 10. The molecule has 0 amide bonds. The molecular weight excluding hydrogens is 685 g/mol. The first kappa shape index (κ1) is 34.9. The fourth-order valence-corrected chi connectivity index (χ4v) is 5.99. The minimum Gasteiger partial charge on any atom is -0.619 e. The first-order chi connectivity index (χ1) is 22.3. The van der Waals surface area contributed by atoms with Crippen molar-refractivity contribution in [3.63, 3.8) is 0 Å². The molecule has 2 aliphatic rings. The first-order valence-corrected chi connectivity index (χ1v) is 17.2. The van der Waals surface area contributed by atoms with Crippen LogP contribution in [0.5, 0.6) is 17.2 Å². The third-order valence-corrected chi connectivity index (χ3v) is 8.60. The summed E-state index contributed by atoms with van der Waals surface area (Å²) in [6.07, 6.45) is 3.73. The molecule has 0 bridgehead atoms. The molecule has 1 saturated carbocycles. The van der Waals surface area contributed by atoms with Crippen molar-refractivity contribution in [1.29, 1.82) is 0 Å². The molecule has 1 aliphatic carbocycles. The number of ether oxygens (including phenoxy) is 4. The summed E-state index contributed by atoms with van der Waals surface area (Å²) in [5.41, 5.74) is 1.12. The SMILES string of the molecule is CS(=O)(=O)Oc1cc(C(=O)O[C@@H](Cc2c(Cl)c[n+]([O-])cc2Cl)c2ccc(OC(F)F)c(OCC3CC3)c2)ccc1CN1CCOCC1. The van der Waals surface area contributed by atoms with Gasteiger partial charge in [0.25, 0.3) is 0 Å². The van der Waals surface area contributed by atoms with Gasteiger partial charge in [-0.3, -0.25) is 4.90 Å². The molecular formula is C31H32Cl2F2N2O9S. The van der Waals surface area contributed by atoms with Gasteiger partial charge in [0.2, 0.25) is 0 Å². The normalized spacial score (nSPS) is 16.1. The van der Waals surface area contributed by atoms with Crippen molar-refractivity contribution >= 4 is 39.3 Å². The van der Waals surface area contributed by atoms with Crippen LogP contribution >= 0.6 is 23.2 Å². The summed E-state index contributed by atoms with van der Waals surface area (Å²) in [5, 5.41) is 11.9. The van der Waals surface area contributed by atoms with Crippen LogP contribution in [0.4, 0.5) is 8.78 Å². The van der Waals surface area contributed by atoms with Crippen molar-refractivity contribution < 1.29 is 49.9 Å². The van der Waals surface area contributed by atoms with Crippen LogP contribution in [0.3, 0.4) is 0 Å². The number of alkyl halides is 2. The van der Waals surface area contributed by atoms with Gasteiger partial charge in [-0.2, -0.15) is 21.9 Å². The maximum Gasteiger partial charge on any atom is 0.387 e. The zero-order chi connectivity index (χ0) is 33.7. The maximum atomic E-state index is 13.7. The second-order valence-electron chi connectivity index (χ2n) is 11.2. The molecule has 2 heterocycles. The van der Waals surface area contributed by atoms with E-state index in [9.17, 15) is 27.2 Å². The second kappa shape index (κ2) is 15.2. The van der Waals surface area contributed by atoms with E-state index in [1.807, 2.05) is 0 Å². The van der Waals surface area contributed by atoms with Crippen LogP contribution in [0.2, 0.25) is 10.0 Å². The highest BCUT2D eigenvalue weighted by molar-refractivity contribution is 7.86. The Morgan fingerprint density at radius 1 is 1.06 bits per heavy atom. The molecule has 3 aromatic rings. The Kier molecular flexibility index (Phi) is 11.3. The van der Waals surface area contributed by atoms with Crippen LogP contribution in [0.25, 0.3) is 0 Å². The molecule has 2 fully saturated rings. The molecule has 1 aliphatic heterocycles. The Morgan fingerprint density at radius 2 is 1.77 bits per heavy atom. The summed E-state index contributed by atoms with van der Waals surface area (Å²) in [7, 11) is -3.96. The van der Waals surface area contributed by atoms with E-state index in [-0.39, 0.29) is 51.4 Å². The predicted octanol–water partition coefficient (Wildman–Crippen LogP) is 5.33. The number of pyridine rings is 1. The van der Waals surface area contributed by atoms with Gasteiger partial charge in [-0.15, -0.1) is 0 Å². The lowest BCUT2D eigenvalue weighted by atomic mass is 10.0. The minimum absolute atomic E-state index is 0.00714. The van der Waals surface area contributed by atoms with Crippen LogP contribution in [-0.4, -0.2) is 65.1 Å². The van der Waals surface area contributed by atoms with Gasteiger partial charge in [-0.25, -0.2) is 4.79 Å². The van der Waals surface area contributed by atoms with Crippen LogP contribution in [-0.2, 0) is 32.6 Å². The number of rotatable bonds is 14. The van der Waals surface area contributed by atoms with E-state index in [0.29, 0.717) is 54.6 Å². The molecule has 47 heavy (non-hydrogen) atoms. The van der Waals surface area contributed by atoms with E-state index < -0.39 is 28.8 Å². The lowest BCUT2D eigenvalue weighted by Crippen LogP contribution is -2.35. The molecule has 0 spiro atoms. The van der Waals surface area contributed by atoms with Gasteiger partial charge >= 0.3 is 22.7 Å². The third-order valence-electron chi connectivity index (χ3n) is 7.47. The van der Waals surface area contributed by atoms with Crippen molar-refractivity contribution in [2.75, 3.05) is 39.2 Å².